The van der Waals surface area contributed by atoms with Crippen molar-refractivity contribution in [2.75, 3.05) is 31.3 Å². The van der Waals surface area contributed by atoms with E-state index in [2.05, 4.69) is 0 Å². The lowest BCUT2D eigenvalue weighted by Gasteiger charge is -2.15. The van der Waals surface area contributed by atoms with Crippen LogP contribution < -0.4 is 20.1 Å². The number of benzene rings is 2. The van der Waals surface area contributed by atoms with Crippen molar-refractivity contribution in [3.63, 3.8) is 0 Å². The Bertz CT molecular complexity index is 582. The summed E-state index contributed by atoms with van der Waals surface area (Å²) in [4.78, 5) is 2.02. The Morgan fingerprint density at radius 2 is 1.75 bits per heavy atom. The number of nitrogens with zero attached hydrogens (tertiary/aromatic N) is 1. The van der Waals surface area contributed by atoms with Crippen LogP contribution in [-0.2, 0) is 0 Å². The van der Waals surface area contributed by atoms with Gasteiger partial charge in [0.25, 0.3) is 0 Å². The van der Waals surface area contributed by atoms with Gasteiger partial charge in [0.05, 0.1) is 6.61 Å². The normalized spacial score (nSPS) is 10.2. The van der Waals surface area contributed by atoms with E-state index in [1.54, 1.807) is 0 Å². The minimum atomic E-state index is 0.518. The Labute approximate surface area is 119 Å². The molecule has 2 N–H and O–H groups in total. The van der Waals surface area contributed by atoms with E-state index in [1.165, 1.54) is 0 Å². The van der Waals surface area contributed by atoms with E-state index in [1.807, 2.05) is 68.4 Å². The smallest absolute Gasteiger partial charge is 0.154 e. The van der Waals surface area contributed by atoms with E-state index in [4.69, 9.17) is 15.2 Å². The van der Waals surface area contributed by atoms with Crippen LogP contribution >= 0.6 is 0 Å². The summed E-state index contributed by atoms with van der Waals surface area (Å²) in [6.07, 6.45) is 0. The van der Waals surface area contributed by atoms with Gasteiger partial charge in [0, 0.05) is 25.8 Å². The van der Waals surface area contributed by atoms with Gasteiger partial charge in [0.15, 0.2) is 5.75 Å². The molecule has 0 heterocycles. The average Bonchev–Trinajstić information content (AvgIpc) is 2.44. The minimum Gasteiger partial charge on any atom is -0.492 e. The molecular formula is C16H20N2O2. The molecule has 2 aromatic carbocycles. The fourth-order valence-corrected chi connectivity index (χ4v) is 1.85. The number of para-hydroxylation sites is 1. The largest absolute Gasteiger partial charge is 0.492 e. The SMILES string of the molecule is CCOc1cccc(Oc2cccc(N(C)C)c2)c1N. The Morgan fingerprint density at radius 1 is 1.05 bits per heavy atom. The number of nitrogens with two attached hydrogens (primary N) is 1. The maximum Gasteiger partial charge on any atom is 0.154 e. The van der Waals surface area contributed by atoms with E-state index >= 15 is 0 Å². The quantitative estimate of drug-likeness (QED) is 0.846. The van der Waals surface area contributed by atoms with Gasteiger partial charge in [0.1, 0.15) is 17.2 Å². The molecule has 106 valence electrons. The van der Waals surface area contributed by atoms with Crippen molar-refractivity contribution in [2.24, 2.45) is 0 Å². The first-order chi connectivity index (χ1) is 9.61. The second-order valence-electron chi connectivity index (χ2n) is 4.59. The van der Waals surface area contributed by atoms with Crippen molar-refractivity contribution in [2.45, 2.75) is 6.92 Å². The van der Waals surface area contributed by atoms with Crippen LogP contribution in [-0.4, -0.2) is 20.7 Å². The number of nitrogen functional groups attached to an aromatic ring is 1. The summed E-state index contributed by atoms with van der Waals surface area (Å²) in [5.41, 5.74) is 7.64. The summed E-state index contributed by atoms with van der Waals surface area (Å²) in [5, 5.41) is 0. The van der Waals surface area contributed by atoms with Gasteiger partial charge in [-0.25, -0.2) is 0 Å². The van der Waals surface area contributed by atoms with Gasteiger partial charge >= 0.3 is 0 Å². The number of hydrogen-bond donors (Lipinski definition) is 1. The second kappa shape index (κ2) is 6.19. The number of rotatable bonds is 5. The van der Waals surface area contributed by atoms with Crippen LogP contribution in [0.25, 0.3) is 0 Å². The predicted octanol–water partition coefficient (Wildman–Crippen LogP) is 3.53. The molecule has 0 atom stereocenters. The minimum absolute atomic E-state index is 0.518. The molecule has 0 amide bonds. The molecule has 0 saturated carbocycles. The van der Waals surface area contributed by atoms with Gasteiger partial charge in [-0.3, -0.25) is 0 Å². The molecule has 20 heavy (non-hydrogen) atoms. The molecule has 0 bridgehead atoms. The van der Waals surface area contributed by atoms with Crippen molar-refractivity contribution < 1.29 is 9.47 Å². The molecule has 2 rings (SSSR count). The van der Waals surface area contributed by atoms with Crippen LogP contribution in [0.15, 0.2) is 42.5 Å². The van der Waals surface area contributed by atoms with E-state index in [-0.39, 0.29) is 0 Å². The van der Waals surface area contributed by atoms with Crippen LogP contribution in [0, 0.1) is 0 Å². The summed E-state index contributed by atoms with van der Waals surface area (Å²) in [6.45, 7) is 2.50. The highest BCUT2D eigenvalue weighted by molar-refractivity contribution is 5.64. The lowest BCUT2D eigenvalue weighted by molar-refractivity contribution is 0.340. The summed E-state index contributed by atoms with van der Waals surface area (Å²) < 4.78 is 11.3. The third-order valence-corrected chi connectivity index (χ3v) is 2.89. The standard InChI is InChI=1S/C16H20N2O2/c1-4-19-14-9-6-10-15(16(14)17)20-13-8-5-7-12(11-13)18(2)3/h5-11H,4,17H2,1-3H3. The first kappa shape index (κ1) is 14.1. The average molecular weight is 272 g/mol. The Kier molecular flexibility index (Phi) is 4.35. The third-order valence-electron chi connectivity index (χ3n) is 2.89. The first-order valence-electron chi connectivity index (χ1n) is 6.58. The molecule has 0 saturated heterocycles. The van der Waals surface area contributed by atoms with Gasteiger partial charge in [-0.05, 0) is 31.2 Å². The van der Waals surface area contributed by atoms with Crippen molar-refractivity contribution in [1.82, 2.24) is 0 Å². The lowest BCUT2D eigenvalue weighted by atomic mass is 10.2. The highest BCUT2D eigenvalue weighted by Crippen LogP contribution is 2.35. The second-order valence-corrected chi connectivity index (χ2v) is 4.59. The number of anilines is 2. The fourth-order valence-electron chi connectivity index (χ4n) is 1.85. The predicted molar refractivity (Wildman–Crippen MR) is 82.9 cm³/mol. The monoisotopic (exact) mass is 272 g/mol. The van der Waals surface area contributed by atoms with Gasteiger partial charge in [-0.1, -0.05) is 12.1 Å². The highest BCUT2D eigenvalue weighted by Gasteiger charge is 2.08. The molecule has 0 unspecified atom stereocenters. The van der Waals surface area contributed by atoms with E-state index in [0.29, 0.717) is 23.8 Å². The molecule has 0 aliphatic carbocycles. The van der Waals surface area contributed by atoms with Crippen molar-refractivity contribution in [3.05, 3.63) is 42.5 Å². The third kappa shape index (κ3) is 3.15. The first-order valence-corrected chi connectivity index (χ1v) is 6.58. The molecule has 0 spiro atoms. The van der Waals surface area contributed by atoms with Crippen molar-refractivity contribution in [3.8, 4) is 17.2 Å². The van der Waals surface area contributed by atoms with Crippen LogP contribution in [0.3, 0.4) is 0 Å². The van der Waals surface area contributed by atoms with Crippen LogP contribution in [0.1, 0.15) is 6.92 Å². The van der Waals surface area contributed by atoms with Gasteiger partial charge in [-0.2, -0.15) is 0 Å². The zero-order valence-corrected chi connectivity index (χ0v) is 12.1. The summed E-state index contributed by atoms with van der Waals surface area (Å²) in [6, 6.07) is 13.4. The van der Waals surface area contributed by atoms with Gasteiger partial charge in [-0.15, -0.1) is 0 Å². The van der Waals surface area contributed by atoms with Crippen LogP contribution in [0.5, 0.6) is 17.2 Å². The molecule has 0 aliphatic rings. The number of hydrogen-bond acceptors (Lipinski definition) is 4. The van der Waals surface area contributed by atoms with Crippen molar-refractivity contribution in [1.29, 1.82) is 0 Å². The molecule has 0 aliphatic heterocycles. The fraction of sp³-hybridized carbons (Fsp3) is 0.250. The highest BCUT2D eigenvalue weighted by atomic mass is 16.5. The van der Waals surface area contributed by atoms with Crippen molar-refractivity contribution >= 4 is 11.4 Å². The van der Waals surface area contributed by atoms with E-state index < -0.39 is 0 Å². The lowest BCUT2D eigenvalue weighted by Crippen LogP contribution is -2.08. The topological polar surface area (TPSA) is 47.7 Å². The zero-order chi connectivity index (χ0) is 14.5. The summed E-state index contributed by atoms with van der Waals surface area (Å²) >= 11 is 0. The molecule has 0 aromatic heterocycles. The molecule has 2 aromatic rings. The Morgan fingerprint density at radius 3 is 2.45 bits per heavy atom. The molecule has 0 fully saturated rings. The Hall–Kier alpha value is -2.36. The van der Waals surface area contributed by atoms with E-state index in [0.717, 1.165) is 11.4 Å². The maximum absolute atomic E-state index is 6.05. The van der Waals surface area contributed by atoms with Crippen LogP contribution in [0.4, 0.5) is 11.4 Å². The number of ether oxygens (including phenoxy) is 2. The summed E-state index contributed by atoms with van der Waals surface area (Å²) in [5.74, 6) is 2.00. The van der Waals surface area contributed by atoms with Gasteiger partial charge < -0.3 is 20.1 Å². The molecule has 4 heteroatoms. The molecule has 4 nitrogen and oxygen atoms in total. The summed E-state index contributed by atoms with van der Waals surface area (Å²) in [7, 11) is 3.98. The van der Waals surface area contributed by atoms with Crippen LogP contribution in [0.2, 0.25) is 0 Å². The zero-order valence-electron chi connectivity index (χ0n) is 12.1. The van der Waals surface area contributed by atoms with Gasteiger partial charge in [0.2, 0.25) is 0 Å². The maximum atomic E-state index is 6.05. The Balaban J connectivity index is 2.26. The molecule has 0 radical (unpaired) electrons. The van der Waals surface area contributed by atoms with E-state index in [9.17, 15) is 0 Å². The molecular weight excluding hydrogens is 252 g/mol.